The Morgan fingerprint density at radius 2 is 1.69 bits per heavy atom. The predicted molar refractivity (Wildman–Crippen MR) is 104 cm³/mol. The number of phenols is 1. The molecule has 1 aromatic heterocycles. The molecule has 3 rings (SSSR count). The average molecular weight is 401 g/mol. The van der Waals surface area contributed by atoms with Crippen molar-refractivity contribution in [1.82, 2.24) is 4.57 Å². The number of fused-ring (bicyclic) bond motifs is 1. The second-order valence-electron chi connectivity index (χ2n) is 8.11. The van der Waals surface area contributed by atoms with E-state index < -0.39 is 34.8 Å². The molecule has 29 heavy (non-hydrogen) atoms. The Hall–Kier alpha value is -3.22. The molecule has 0 radical (unpaired) electrons. The van der Waals surface area contributed by atoms with Crippen LogP contribution in [-0.4, -0.2) is 26.7 Å². The Morgan fingerprint density at radius 1 is 1.03 bits per heavy atom. The number of hydrogen-bond acceptors (Lipinski definition) is 3. The van der Waals surface area contributed by atoms with Crippen LogP contribution in [-0.2, 0) is 4.79 Å². The van der Waals surface area contributed by atoms with Gasteiger partial charge in [-0.2, -0.15) is 0 Å². The average Bonchev–Trinajstić information content (AvgIpc) is 2.87. The molecule has 5 nitrogen and oxygen atoms in total. The molecule has 3 aromatic rings. The number of carboxylic acid groups (broad SMARTS) is 1. The number of nitrogens with zero attached hydrogens (tertiary/aromatic N) is 1. The lowest BCUT2D eigenvalue weighted by molar-refractivity contribution is -0.141. The molecule has 1 heterocycles. The normalized spacial score (nSPS) is 12.9. The molecule has 2 aromatic carbocycles. The van der Waals surface area contributed by atoms with Crippen LogP contribution in [0.4, 0.5) is 8.78 Å². The van der Waals surface area contributed by atoms with E-state index in [1.165, 1.54) is 28.8 Å². The summed E-state index contributed by atoms with van der Waals surface area (Å²) in [6.07, 6.45) is 0. The zero-order valence-electron chi connectivity index (χ0n) is 16.5. The lowest BCUT2D eigenvalue weighted by Crippen LogP contribution is -2.27. The summed E-state index contributed by atoms with van der Waals surface area (Å²) in [5, 5.41) is 20.3. The first-order valence-corrected chi connectivity index (χ1v) is 9.00. The summed E-state index contributed by atoms with van der Waals surface area (Å²) in [5.74, 6) is -4.95. The van der Waals surface area contributed by atoms with Crippen molar-refractivity contribution in [1.29, 1.82) is 0 Å². The Balaban J connectivity index is 2.34. The third-order valence-corrected chi connectivity index (χ3v) is 5.01. The maximum Gasteiger partial charge on any atom is 0.311 e. The minimum Gasteiger partial charge on any atom is -0.508 e. The molecule has 0 aliphatic rings. The van der Waals surface area contributed by atoms with Crippen molar-refractivity contribution in [3.8, 4) is 5.75 Å². The van der Waals surface area contributed by atoms with Crippen LogP contribution < -0.4 is 0 Å². The number of hydrogen-bond donors (Lipinski definition) is 2. The third-order valence-electron chi connectivity index (χ3n) is 5.01. The van der Waals surface area contributed by atoms with Gasteiger partial charge < -0.3 is 10.2 Å². The molecule has 0 saturated carbocycles. The summed E-state index contributed by atoms with van der Waals surface area (Å²) < 4.78 is 28.2. The lowest BCUT2D eigenvalue weighted by atomic mass is 9.75. The summed E-state index contributed by atoms with van der Waals surface area (Å²) >= 11 is 0. The van der Waals surface area contributed by atoms with Gasteiger partial charge in [0.15, 0.2) is 11.6 Å². The van der Waals surface area contributed by atoms with E-state index in [1.54, 1.807) is 27.7 Å². The van der Waals surface area contributed by atoms with Gasteiger partial charge in [-0.25, -0.2) is 8.78 Å². The molecule has 0 amide bonds. The van der Waals surface area contributed by atoms with Gasteiger partial charge in [-0.3, -0.25) is 14.2 Å². The minimum absolute atomic E-state index is 0.0748. The quantitative estimate of drug-likeness (QED) is 0.658. The zero-order valence-corrected chi connectivity index (χ0v) is 16.5. The number of carbonyl (C=O) groups is 2. The van der Waals surface area contributed by atoms with Gasteiger partial charge in [-0.1, -0.05) is 20.8 Å². The number of aromatic nitrogens is 1. The van der Waals surface area contributed by atoms with Gasteiger partial charge in [0.05, 0.1) is 11.4 Å². The standard InChI is InChI=1S/C22H21F2NO4/c1-11-18(19(21(28)29)22(2,3)4)14-10-13(26)6-8-17(14)25(11)20(27)12-5-7-15(23)16(24)9-12/h5-10,19,26H,1-4H3,(H,28,29). The SMILES string of the molecule is Cc1c(C(C(=O)O)C(C)(C)C)c2cc(O)ccc2n1C(=O)c1ccc(F)c(F)c1. The second kappa shape index (κ2) is 6.99. The molecular weight excluding hydrogens is 380 g/mol. The van der Waals surface area contributed by atoms with E-state index in [9.17, 15) is 28.6 Å². The van der Waals surface area contributed by atoms with Crippen LogP contribution >= 0.6 is 0 Å². The van der Waals surface area contributed by atoms with E-state index >= 15 is 0 Å². The number of phenolic OH excluding ortho intramolecular Hbond substituents is 1. The van der Waals surface area contributed by atoms with Crippen molar-refractivity contribution in [2.45, 2.75) is 33.6 Å². The number of aliphatic carboxylic acids is 1. The molecule has 1 atom stereocenters. The molecule has 2 N–H and O–H groups in total. The Bertz CT molecular complexity index is 1140. The van der Waals surface area contributed by atoms with Gasteiger partial charge in [0, 0.05) is 16.6 Å². The maximum atomic E-state index is 13.7. The fourth-order valence-corrected chi connectivity index (χ4v) is 3.74. The van der Waals surface area contributed by atoms with Crippen LogP contribution in [0.15, 0.2) is 36.4 Å². The van der Waals surface area contributed by atoms with Gasteiger partial charge in [0.2, 0.25) is 0 Å². The van der Waals surface area contributed by atoms with Crippen molar-refractivity contribution in [2.75, 3.05) is 0 Å². The highest BCUT2D eigenvalue weighted by molar-refractivity contribution is 6.05. The van der Waals surface area contributed by atoms with E-state index in [2.05, 4.69) is 0 Å². The number of carbonyl (C=O) groups excluding carboxylic acids is 1. The third kappa shape index (κ3) is 3.48. The highest BCUT2D eigenvalue weighted by atomic mass is 19.2. The molecule has 1 unspecified atom stereocenters. The second-order valence-corrected chi connectivity index (χ2v) is 8.11. The van der Waals surface area contributed by atoms with Crippen molar-refractivity contribution < 1.29 is 28.6 Å². The summed E-state index contributed by atoms with van der Waals surface area (Å²) in [6.45, 7) is 6.92. The number of rotatable bonds is 3. The van der Waals surface area contributed by atoms with Gasteiger partial charge in [-0.15, -0.1) is 0 Å². The van der Waals surface area contributed by atoms with E-state index in [-0.39, 0.29) is 11.3 Å². The summed E-state index contributed by atoms with van der Waals surface area (Å²) in [4.78, 5) is 25.3. The largest absolute Gasteiger partial charge is 0.508 e. The lowest BCUT2D eigenvalue weighted by Gasteiger charge is -2.27. The Morgan fingerprint density at radius 3 is 2.24 bits per heavy atom. The van der Waals surface area contributed by atoms with E-state index in [0.29, 0.717) is 22.2 Å². The highest BCUT2D eigenvalue weighted by Gasteiger charge is 2.37. The fraction of sp³-hybridized carbons (Fsp3) is 0.273. The predicted octanol–water partition coefficient (Wildman–Crippen LogP) is 4.84. The molecule has 0 bridgehead atoms. The van der Waals surface area contributed by atoms with E-state index in [1.807, 2.05) is 0 Å². The molecule has 0 saturated heterocycles. The topological polar surface area (TPSA) is 79.5 Å². The van der Waals surface area contributed by atoms with Crippen LogP contribution in [0.25, 0.3) is 10.9 Å². The number of carboxylic acids is 1. The minimum atomic E-state index is -1.15. The van der Waals surface area contributed by atoms with Crippen LogP contribution in [0.2, 0.25) is 0 Å². The molecule has 0 aliphatic heterocycles. The molecule has 152 valence electrons. The first-order chi connectivity index (χ1) is 13.4. The molecule has 0 spiro atoms. The number of benzene rings is 2. The fourth-order valence-electron chi connectivity index (χ4n) is 3.74. The van der Waals surface area contributed by atoms with Crippen LogP contribution in [0.1, 0.15) is 48.3 Å². The Labute approximate surface area is 166 Å². The monoisotopic (exact) mass is 401 g/mol. The highest BCUT2D eigenvalue weighted by Crippen LogP contribution is 2.42. The van der Waals surface area contributed by atoms with Crippen molar-refractivity contribution in [2.24, 2.45) is 5.41 Å². The maximum absolute atomic E-state index is 13.7. The van der Waals surface area contributed by atoms with Gasteiger partial charge >= 0.3 is 5.97 Å². The number of halogens is 2. The van der Waals surface area contributed by atoms with Crippen molar-refractivity contribution in [3.05, 3.63) is 64.9 Å². The van der Waals surface area contributed by atoms with Gasteiger partial charge in [0.25, 0.3) is 5.91 Å². The summed E-state index contributed by atoms with van der Waals surface area (Å²) in [6, 6.07) is 7.14. The molecule has 0 aliphatic carbocycles. The van der Waals surface area contributed by atoms with E-state index in [0.717, 1.165) is 12.1 Å². The van der Waals surface area contributed by atoms with E-state index in [4.69, 9.17) is 0 Å². The van der Waals surface area contributed by atoms with Crippen molar-refractivity contribution in [3.63, 3.8) is 0 Å². The number of aromatic hydroxyl groups is 1. The Kier molecular flexibility index (Phi) is 4.94. The molecular formula is C22H21F2NO4. The zero-order chi connectivity index (χ0) is 21.7. The van der Waals surface area contributed by atoms with Crippen molar-refractivity contribution >= 4 is 22.8 Å². The molecule has 7 heteroatoms. The van der Waals surface area contributed by atoms with Crippen LogP contribution in [0.5, 0.6) is 5.75 Å². The summed E-state index contributed by atoms with van der Waals surface area (Å²) in [5.41, 5.74) is 0.368. The summed E-state index contributed by atoms with van der Waals surface area (Å²) in [7, 11) is 0. The first kappa shape index (κ1) is 20.5. The van der Waals surface area contributed by atoms with Crippen LogP contribution in [0.3, 0.4) is 0 Å². The van der Waals surface area contributed by atoms with Crippen LogP contribution in [0, 0.1) is 24.0 Å². The first-order valence-electron chi connectivity index (χ1n) is 9.00. The molecule has 0 fully saturated rings. The van der Waals surface area contributed by atoms with Gasteiger partial charge in [-0.05, 0) is 54.3 Å². The smallest absolute Gasteiger partial charge is 0.311 e. The van der Waals surface area contributed by atoms with Gasteiger partial charge in [0.1, 0.15) is 5.75 Å².